The predicted molar refractivity (Wildman–Crippen MR) is 72.0 cm³/mol. The van der Waals surface area contributed by atoms with Gasteiger partial charge >= 0.3 is 0 Å². The van der Waals surface area contributed by atoms with Crippen LogP contribution >= 0.6 is 0 Å². The summed E-state index contributed by atoms with van der Waals surface area (Å²) in [5.41, 5.74) is -0.130. The number of rotatable bonds is 4. The van der Waals surface area contributed by atoms with Gasteiger partial charge in [-0.15, -0.1) is 0 Å². The summed E-state index contributed by atoms with van der Waals surface area (Å²) in [7, 11) is -4.10. The second-order valence-corrected chi connectivity index (χ2v) is 5.53. The zero-order chi connectivity index (χ0) is 14.8. The third-order valence-corrected chi connectivity index (χ3v) is 3.88. The minimum Gasteiger partial charge on any atom is -0.507 e. The van der Waals surface area contributed by atoms with Crippen LogP contribution in [-0.2, 0) is 10.0 Å². The second-order valence-electron chi connectivity index (χ2n) is 3.88. The van der Waals surface area contributed by atoms with Crippen molar-refractivity contribution in [2.75, 3.05) is 4.72 Å². The summed E-state index contributed by atoms with van der Waals surface area (Å²) in [5, 5.41) is 20.2. The van der Waals surface area contributed by atoms with Gasteiger partial charge in [-0.3, -0.25) is 14.8 Å². The van der Waals surface area contributed by atoms with Gasteiger partial charge in [-0.1, -0.05) is 18.2 Å². The van der Waals surface area contributed by atoms with Crippen molar-refractivity contribution >= 4 is 21.4 Å². The number of phenolic OH excluding ortho intramolecular Hbond substituents is 1. The molecule has 0 aliphatic heterocycles. The lowest BCUT2D eigenvalue weighted by molar-refractivity contribution is -0.385. The van der Waals surface area contributed by atoms with E-state index in [0.717, 1.165) is 18.2 Å². The number of phenols is 1. The Labute approximate surface area is 114 Å². The Balaban J connectivity index is 2.44. The number of aromatic hydroxyl groups is 1. The van der Waals surface area contributed by atoms with E-state index in [1.807, 2.05) is 0 Å². The van der Waals surface area contributed by atoms with Crippen molar-refractivity contribution in [3.8, 4) is 5.75 Å². The van der Waals surface area contributed by atoms with E-state index in [-0.39, 0.29) is 0 Å². The van der Waals surface area contributed by atoms with Crippen LogP contribution in [0.15, 0.2) is 53.4 Å². The fourth-order valence-electron chi connectivity index (χ4n) is 1.55. The van der Waals surface area contributed by atoms with Crippen LogP contribution in [0.3, 0.4) is 0 Å². The average molecular weight is 294 g/mol. The maximum atomic E-state index is 12.1. The summed E-state index contributed by atoms with van der Waals surface area (Å²) >= 11 is 0. The number of nitro groups is 1. The number of hydrogen-bond acceptors (Lipinski definition) is 5. The summed E-state index contributed by atoms with van der Waals surface area (Å²) in [4.78, 5) is 9.38. The molecule has 2 N–H and O–H groups in total. The molecular weight excluding hydrogens is 284 g/mol. The summed E-state index contributed by atoms with van der Waals surface area (Å²) in [6.07, 6.45) is 0. The first-order valence-corrected chi connectivity index (χ1v) is 6.94. The monoisotopic (exact) mass is 294 g/mol. The standard InChI is InChI=1S/C12H10N2O5S/c15-11-7-6-10(14(16)17)8-12(11)20(18,19)13-9-4-2-1-3-5-9/h1-8,13,15H. The van der Waals surface area contributed by atoms with Crippen molar-refractivity contribution in [2.24, 2.45) is 0 Å². The lowest BCUT2D eigenvalue weighted by atomic mass is 10.3. The molecule has 7 nitrogen and oxygen atoms in total. The highest BCUT2D eigenvalue weighted by Crippen LogP contribution is 2.28. The van der Waals surface area contributed by atoms with Crippen LogP contribution in [0.5, 0.6) is 5.75 Å². The molecule has 2 rings (SSSR count). The number of nitrogens with one attached hydrogen (secondary N) is 1. The van der Waals surface area contributed by atoms with E-state index >= 15 is 0 Å². The highest BCUT2D eigenvalue weighted by Gasteiger charge is 2.22. The molecule has 104 valence electrons. The maximum Gasteiger partial charge on any atom is 0.271 e. The first kappa shape index (κ1) is 13.8. The van der Waals surface area contributed by atoms with E-state index in [9.17, 15) is 23.6 Å². The number of nitro benzene ring substituents is 1. The molecule has 0 saturated carbocycles. The van der Waals surface area contributed by atoms with Crippen molar-refractivity contribution in [2.45, 2.75) is 4.90 Å². The van der Waals surface area contributed by atoms with Gasteiger partial charge in [-0.05, 0) is 18.2 Å². The number of non-ortho nitro benzene ring substituents is 1. The van der Waals surface area contributed by atoms with E-state index < -0.39 is 31.3 Å². The van der Waals surface area contributed by atoms with Crippen LogP contribution < -0.4 is 4.72 Å². The van der Waals surface area contributed by atoms with Gasteiger partial charge in [0.1, 0.15) is 10.6 Å². The first-order chi connectivity index (χ1) is 9.40. The molecule has 8 heteroatoms. The van der Waals surface area contributed by atoms with Crippen LogP contribution in [0.1, 0.15) is 0 Å². The van der Waals surface area contributed by atoms with E-state index in [0.29, 0.717) is 5.69 Å². The highest BCUT2D eigenvalue weighted by molar-refractivity contribution is 7.92. The lowest BCUT2D eigenvalue weighted by Crippen LogP contribution is -2.13. The third-order valence-electron chi connectivity index (χ3n) is 2.47. The summed E-state index contributed by atoms with van der Waals surface area (Å²) in [5.74, 6) is -0.556. The normalized spacial score (nSPS) is 11.0. The largest absolute Gasteiger partial charge is 0.507 e. The SMILES string of the molecule is O=[N+]([O-])c1ccc(O)c(S(=O)(=O)Nc2ccccc2)c1. The Bertz CT molecular complexity index is 744. The molecule has 0 aliphatic carbocycles. The molecule has 0 unspecified atom stereocenters. The molecule has 0 bridgehead atoms. The summed E-state index contributed by atoms with van der Waals surface area (Å²) < 4.78 is 26.4. The topological polar surface area (TPSA) is 110 Å². The molecule has 0 heterocycles. The van der Waals surface area contributed by atoms with Gasteiger partial charge < -0.3 is 5.11 Å². The van der Waals surface area contributed by atoms with Gasteiger partial charge in [-0.25, -0.2) is 8.42 Å². The molecular formula is C12H10N2O5S. The molecule has 2 aromatic rings. The van der Waals surface area contributed by atoms with E-state index in [1.165, 1.54) is 12.1 Å². The third kappa shape index (κ3) is 2.86. The quantitative estimate of drug-likeness (QED) is 0.663. The van der Waals surface area contributed by atoms with Gasteiger partial charge in [0.25, 0.3) is 15.7 Å². The smallest absolute Gasteiger partial charge is 0.271 e. The number of hydrogen-bond donors (Lipinski definition) is 2. The van der Waals surface area contributed by atoms with Gasteiger partial charge in [0.05, 0.1) is 4.92 Å². The predicted octanol–water partition coefficient (Wildman–Crippen LogP) is 2.10. The van der Waals surface area contributed by atoms with E-state index in [4.69, 9.17) is 0 Å². The Hall–Kier alpha value is -2.61. The molecule has 20 heavy (non-hydrogen) atoms. The van der Waals surface area contributed by atoms with Crippen LogP contribution in [0.25, 0.3) is 0 Å². The van der Waals surface area contributed by atoms with Crippen LogP contribution in [0.2, 0.25) is 0 Å². The van der Waals surface area contributed by atoms with E-state index in [2.05, 4.69) is 4.72 Å². The fraction of sp³-hybridized carbons (Fsp3) is 0. The zero-order valence-electron chi connectivity index (χ0n) is 10.1. The minimum absolute atomic E-state index is 0.290. The Morgan fingerprint density at radius 3 is 2.35 bits per heavy atom. The summed E-state index contributed by atoms with van der Waals surface area (Å²) in [6.45, 7) is 0. The molecule has 0 fully saturated rings. The zero-order valence-corrected chi connectivity index (χ0v) is 10.9. The molecule has 0 spiro atoms. The van der Waals surface area contributed by atoms with Crippen molar-refractivity contribution in [1.82, 2.24) is 0 Å². The van der Waals surface area contributed by atoms with Crippen molar-refractivity contribution < 1.29 is 18.4 Å². The maximum absolute atomic E-state index is 12.1. The van der Waals surface area contributed by atoms with Gasteiger partial charge in [0.2, 0.25) is 0 Å². The van der Waals surface area contributed by atoms with Gasteiger partial charge in [0, 0.05) is 17.8 Å². The van der Waals surface area contributed by atoms with E-state index in [1.54, 1.807) is 18.2 Å². The molecule has 0 amide bonds. The second kappa shape index (κ2) is 5.17. The van der Waals surface area contributed by atoms with Crippen LogP contribution in [-0.4, -0.2) is 18.4 Å². The molecule has 2 aromatic carbocycles. The van der Waals surface area contributed by atoms with Gasteiger partial charge in [0.15, 0.2) is 0 Å². The lowest BCUT2D eigenvalue weighted by Gasteiger charge is -2.09. The Morgan fingerprint density at radius 2 is 1.75 bits per heavy atom. The number of sulfonamides is 1. The van der Waals surface area contributed by atoms with Crippen LogP contribution in [0.4, 0.5) is 11.4 Å². The van der Waals surface area contributed by atoms with Crippen LogP contribution in [0, 0.1) is 10.1 Å². The highest BCUT2D eigenvalue weighted by atomic mass is 32.2. The molecule has 0 aromatic heterocycles. The molecule has 0 aliphatic rings. The Kier molecular flexibility index (Phi) is 3.57. The molecule has 0 atom stereocenters. The average Bonchev–Trinajstić information content (AvgIpc) is 2.39. The number of benzene rings is 2. The number of anilines is 1. The summed E-state index contributed by atoms with van der Waals surface area (Å²) in [6, 6.07) is 10.8. The minimum atomic E-state index is -4.10. The Morgan fingerprint density at radius 1 is 1.10 bits per heavy atom. The fourth-order valence-corrected chi connectivity index (χ4v) is 2.72. The van der Waals surface area contributed by atoms with Crippen molar-refractivity contribution in [1.29, 1.82) is 0 Å². The molecule has 0 radical (unpaired) electrons. The molecule has 0 saturated heterocycles. The van der Waals surface area contributed by atoms with Crippen molar-refractivity contribution in [3.05, 3.63) is 58.6 Å². The van der Waals surface area contributed by atoms with Gasteiger partial charge in [-0.2, -0.15) is 0 Å². The van der Waals surface area contributed by atoms with Crippen molar-refractivity contribution in [3.63, 3.8) is 0 Å². The number of nitrogens with zero attached hydrogens (tertiary/aromatic N) is 1. The first-order valence-electron chi connectivity index (χ1n) is 5.45. The number of para-hydroxylation sites is 1.